The van der Waals surface area contributed by atoms with Crippen molar-refractivity contribution in [3.05, 3.63) is 12.2 Å². The quantitative estimate of drug-likeness (QED) is 0.116. The van der Waals surface area contributed by atoms with Crippen LogP contribution in [0, 0.1) is 11.8 Å². The number of aliphatic hydroxyl groups excluding tert-OH is 1. The zero-order valence-electron chi connectivity index (χ0n) is 30.3. The molecule has 0 amide bonds. The maximum atomic E-state index is 11.9. The Labute approximate surface area is 263 Å². The molecule has 1 aliphatic carbocycles. The smallest absolute Gasteiger partial charge is 0.305 e. The summed E-state index contributed by atoms with van der Waals surface area (Å²) >= 11 is 0. The van der Waals surface area contributed by atoms with Gasteiger partial charge in [0.2, 0.25) is 0 Å². The molecule has 1 aliphatic rings. The molecule has 0 bridgehead atoms. The molecule has 1 rings (SSSR count). The summed E-state index contributed by atoms with van der Waals surface area (Å²) < 4.78 is 26.0. The van der Waals surface area contributed by atoms with E-state index in [9.17, 15) is 9.90 Å². The Morgan fingerprint density at radius 2 is 1.31 bits per heavy atom. The van der Waals surface area contributed by atoms with Gasteiger partial charge in [0.25, 0.3) is 0 Å². The standard InChI is InChI=1S/C33H68O6Si3/c1-31(2,3)40(11,12)37-25(18-17-19-30(35)36-10)20-21-26-27(22-23-34)29(39-42(15,16)33(7,8)9)24-28(26)38-41(13,14)32(4,5)6/h20-21,25-29,34H,17-19,22-24H2,1-16H3/b21-20+/t25-,26-,27+,28-,29+/m0/s1. The summed E-state index contributed by atoms with van der Waals surface area (Å²) in [6.07, 6.45) is 7.91. The Morgan fingerprint density at radius 3 is 1.74 bits per heavy atom. The summed E-state index contributed by atoms with van der Waals surface area (Å²) in [5.41, 5.74) is 0. The van der Waals surface area contributed by atoms with E-state index in [-0.39, 0.29) is 57.8 Å². The molecule has 0 saturated heterocycles. The maximum Gasteiger partial charge on any atom is 0.305 e. The Balaban J connectivity index is 3.51. The van der Waals surface area contributed by atoms with Crippen molar-refractivity contribution in [1.29, 1.82) is 0 Å². The van der Waals surface area contributed by atoms with Crippen molar-refractivity contribution in [2.45, 2.75) is 167 Å². The van der Waals surface area contributed by atoms with Crippen molar-refractivity contribution in [1.82, 2.24) is 0 Å². The molecule has 0 heterocycles. The minimum absolute atomic E-state index is 0.0250. The molecule has 1 N–H and O–H groups in total. The van der Waals surface area contributed by atoms with Crippen molar-refractivity contribution in [3.8, 4) is 0 Å². The van der Waals surface area contributed by atoms with E-state index in [1.807, 2.05) is 0 Å². The maximum absolute atomic E-state index is 11.9. The summed E-state index contributed by atoms with van der Waals surface area (Å²) in [7, 11) is -4.72. The van der Waals surface area contributed by atoms with Crippen LogP contribution >= 0.6 is 0 Å². The predicted molar refractivity (Wildman–Crippen MR) is 185 cm³/mol. The SMILES string of the molecule is COC(=O)CCC[C@@H](/C=C/[C@H]1[C@@H](CCO)[C@H](O[Si](C)(C)C(C)(C)C)C[C@@H]1O[Si](C)(C)C(C)(C)C)O[Si](C)(C)C(C)(C)C. The molecule has 0 aromatic carbocycles. The van der Waals surface area contributed by atoms with E-state index < -0.39 is 25.0 Å². The van der Waals surface area contributed by atoms with E-state index in [1.165, 1.54) is 7.11 Å². The number of methoxy groups -OCH3 is 1. The van der Waals surface area contributed by atoms with Gasteiger partial charge in [-0.05, 0) is 86.0 Å². The second kappa shape index (κ2) is 14.9. The van der Waals surface area contributed by atoms with Crippen LogP contribution in [0.1, 0.15) is 94.4 Å². The number of hydrogen-bond donors (Lipinski definition) is 1. The number of carbonyl (C=O) groups excluding carboxylic acids is 1. The Hall–Kier alpha value is -0.299. The van der Waals surface area contributed by atoms with Gasteiger partial charge >= 0.3 is 5.97 Å². The lowest BCUT2D eigenvalue weighted by Gasteiger charge is -2.40. The Bertz CT molecular complexity index is 880. The Morgan fingerprint density at radius 1 is 0.833 bits per heavy atom. The summed E-state index contributed by atoms with van der Waals surface area (Å²) in [5, 5.41) is 10.5. The third-order valence-electron chi connectivity index (χ3n) is 10.7. The first-order chi connectivity index (χ1) is 18.8. The number of aliphatic hydroxyl groups is 1. The fraction of sp³-hybridized carbons (Fsp3) is 0.909. The van der Waals surface area contributed by atoms with Crippen molar-refractivity contribution in [3.63, 3.8) is 0 Å². The highest BCUT2D eigenvalue weighted by Crippen LogP contribution is 2.48. The topological polar surface area (TPSA) is 74.2 Å². The van der Waals surface area contributed by atoms with Gasteiger partial charge in [-0.2, -0.15) is 0 Å². The number of hydrogen-bond acceptors (Lipinski definition) is 6. The molecule has 0 radical (unpaired) electrons. The van der Waals surface area contributed by atoms with Crippen LogP contribution < -0.4 is 0 Å². The van der Waals surface area contributed by atoms with Gasteiger partial charge in [0.05, 0.1) is 25.4 Å². The first kappa shape index (κ1) is 39.7. The van der Waals surface area contributed by atoms with Gasteiger partial charge in [-0.25, -0.2) is 0 Å². The van der Waals surface area contributed by atoms with Crippen molar-refractivity contribution in [2.24, 2.45) is 11.8 Å². The zero-order chi connectivity index (χ0) is 32.9. The van der Waals surface area contributed by atoms with Gasteiger partial charge in [0.1, 0.15) is 0 Å². The highest BCUT2D eigenvalue weighted by atomic mass is 28.4. The van der Waals surface area contributed by atoms with Crippen LogP contribution in [0.5, 0.6) is 0 Å². The van der Waals surface area contributed by atoms with Crippen molar-refractivity contribution < 1.29 is 27.9 Å². The summed E-state index contributed by atoms with van der Waals surface area (Å²) in [5.74, 6) is 0.100. The van der Waals surface area contributed by atoms with Gasteiger partial charge in [-0.1, -0.05) is 74.5 Å². The number of carbonyl (C=O) groups is 1. The fourth-order valence-corrected chi connectivity index (χ4v) is 8.85. The first-order valence-corrected chi connectivity index (χ1v) is 24.9. The van der Waals surface area contributed by atoms with E-state index in [0.29, 0.717) is 19.3 Å². The molecule has 6 nitrogen and oxygen atoms in total. The molecule has 0 aliphatic heterocycles. The Kier molecular flexibility index (Phi) is 14.1. The molecule has 248 valence electrons. The van der Waals surface area contributed by atoms with E-state index in [1.54, 1.807) is 0 Å². The monoisotopic (exact) mass is 644 g/mol. The van der Waals surface area contributed by atoms with Crippen LogP contribution in [-0.4, -0.2) is 68.1 Å². The van der Waals surface area contributed by atoms with Gasteiger partial charge in [0, 0.05) is 18.9 Å². The number of rotatable bonds is 14. The summed E-state index contributed by atoms with van der Waals surface area (Å²) in [6, 6.07) is 0. The molecule has 0 aromatic rings. The van der Waals surface area contributed by atoms with Crippen LogP contribution in [0.2, 0.25) is 54.4 Å². The van der Waals surface area contributed by atoms with Crippen LogP contribution in [0.15, 0.2) is 12.2 Å². The van der Waals surface area contributed by atoms with Crippen LogP contribution in [-0.2, 0) is 22.8 Å². The fourth-order valence-electron chi connectivity index (χ4n) is 4.80. The van der Waals surface area contributed by atoms with Gasteiger partial charge < -0.3 is 23.1 Å². The van der Waals surface area contributed by atoms with E-state index in [4.69, 9.17) is 18.0 Å². The molecular weight excluding hydrogens is 577 g/mol. The molecule has 9 heteroatoms. The molecule has 1 fully saturated rings. The average Bonchev–Trinajstić information content (AvgIpc) is 3.09. The van der Waals surface area contributed by atoms with E-state index in [2.05, 4.69) is 114 Å². The number of ether oxygens (including phenoxy) is 1. The van der Waals surface area contributed by atoms with Gasteiger partial charge in [-0.15, -0.1) is 0 Å². The normalized spacial score (nSPS) is 23.9. The minimum Gasteiger partial charge on any atom is -0.469 e. The first-order valence-electron chi connectivity index (χ1n) is 16.2. The molecule has 0 aromatic heterocycles. The lowest BCUT2D eigenvalue weighted by atomic mass is 9.90. The second-order valence-electron chi connectivity index (χ2n) is 17.1. The molecule has 0 spiro atoms. The van der Waals surface area contributed by atoms with Crippen LogP contribution in [0.4, 0.5) is 0 Å². The average molecular weight is 645 g/mol. The van der Waals surface area contributed by atoms with Gasteiger partial charge in [0.15, 0.2) is 25.0 Å². The molecule has 42 heavy (non-hydrogen) atoms. The summed E-state index contributed by atoms with van der Waals surface area (Å²) in [6.45, 7) is 34.5. The third-order valence-corrected chi connectivity index (χ3v) is 24.2. The van der Waals surface area contributed by atoms with Crippen LogP contribution in [0.3, 0.4) is 0 Å². The molecule has 5 atom stereocenters. The third kappa shape index (κ3) is 10.9. The largest absolute Gasteiger partial charge is 0.469 e. The van der Waals surface area contributed by atoms with Gasteiger partial charge in [-0.3, -0.25) is 4.79 Å². The van der Waals surface area contributed by atoms with Crippen molar-refractivity contribution >= 4 is 30.9 Å². The highest BCUT2D eigenvalue weighted by Gasteiger charge is 2.50. The highest BCUT2D eigenvalue weighted by molar-refractivity contribution is 6.75. The lowest BCUT2D eigenvalue weighted by Crippen LogP contribution is -2.45. The van der Waals surface area contributed by atoms with Crippen LogP contribution in [0.25, 0.3) is 0 Å². The lowest BCUT2D eigenvalue weighted by molar-refractivity contribution is -0.140. The molecule has 1 saturated carbocycles. The minimum atomic E-state index is -2.06. The summed E-state index contributed by atoms with van der Waals surface area (Å²) in [4.78, 5) is 11.9. The zero-order valence-corrected chi connectivity index (χ0v) is 33.3. The predicted octanol–water partition coefficient (Wildman–Crippen LogP) is 9.08. The molecule has 0 unspecified atom stereocenters. The van der Waals surface area contributed by atoms with E-state index >= 15 is 0 Å². The van der Waals surface area contributed by atoms with E-state index in [0.717, 1.165) is 12.8 Å². The second-order valence-corrected chi connectivity index (χ2v) is 31.4. The number of esters is 1. The van der Waals surface area contributed by atoms with Crippen molar-refractivity contribution in [2.75, 3.05) is 13.7 Å². The molecular formula is C33H68O6Si3.